The smallest absolute Gasteiger partial charge is 0.164 e. The molecular formula is C47H31N5. The highest BCUT2D eigenvalue weighted by atomic mass is 15.0. The van der Waals surface area contributed by atoms with Gasteiger partial charge in [-0.3, -0.25) is 0 Å². The first-order valence-electron chi connectivity index (χ1n) is 17.5. The van der Waals surface area contributed by atoms with Crippen LogP contribution < -0.4 is 0 Å². The third-order valence-corrected chi connectivity index (χ3v) is 9.80. The lowest BCUT2D eigenvalue weighted by molar-refractivity contribution is 1.07. The fraction of sp³-hybridized carbons (Fsp3) is 0. The third kappa shape index (κ3) is 5.07. The van der Waals surface area contributed by atoms with Crippen LogP contribution in [0.5, 0.6) is 0 Å². The van der Waals surface area contributed by atoms with Gasteiger partial charge in [-0.2, -0.15) is 0 Å². The summed E-state index contributed by atoms with van der Waals surface area (Å²) in [6, 6.07) is 63.5. The Balaban J connectivity index is 1.07. The van der Waals surface area contributed by atoms with Crippen LogP contribution >= 0.6 is 0 Å². The van der Waals surface area contributed by atoms with Crippen molar-refractivity contribution in [3.8, 4) is 56.7 Å². The SMILES string of the molecule is c1ccc(-c2nc(-c3ccccc3)nc(-c3ccc(-c4cccc(-n5c6ccccc6c6c7c(ccc65)ccn7-c5ccccc5)c4)cc3)n2)cc1. The lowest BCUT2D eigenvalue weighted by Crippen LogP contribution is -2.00. The molecule has 0 unspecified atom stereocenters. The molecule has 3 heterocycles. The summed E-state index contributed by atoms with van der Waals surface area (Å²) in [5.74, 6) is 1.95. The molecule has 0 saturated carbocycles. The van der Waals surface area contributed by atoms with Gasteiger partial charge in [-0.25, -0.2) is 15.0 Å². The minimum atomic E-state index is 0.643. The number of fused-ring (bicyclic) bond motifs is 5. The summed E-state index contributed by atoms with van der Waals surface area (Å²) >= 11 is 0. The van der Waals surface area contributed by atoms with Gasteiger partial charge in [-0.15, -0.1) is 0 Å². The summed E-state index contributed by atoms with van der Waals surface area (Å²) in [4.78, 5) is 14.7. The largest absolute Gasteiger partial charge is 0.316 e. The molecule has 244 valence electrons. The molecule has 52 heavy (non-hydrogen) atoms. The van der Waals surface area contributed by atoms with Crippen molar-refractivity contribution in [3.05, 3.63) is 188 Å². The number of nitrogens with zero attached hydrogens (tertiary/aromatic N) is 5. The molecule has 0 aliphatic carbocycles. The summed E-state index contributed by atoms with van der Waals surface area (Å²) in [7, 11) is 0. The molecule has 0 amide bonds. The van der Waals surface area contributed by atoms with E-state index in [-0.39, 0.29) is 0 Å². The molecule has 3 aromatic heterocycles. The zero-order valence-electron chi connectivity index (χ0n) is 28.1. The van der Waals surface area contributed by atoms with Gasteiger partial charge in [0.25, 0.3) is 0 Å². The zero-order chi connectivity index (χ0) is 34.4. The highest BCUT2D eigenvalue weighted by Gasteiger charge is 2.18. The first-order chi connectivity index (χ1) is 25.8. The number of rotatable bonds is 6. The van der Waals surface area contributed by atoms with Crippen LogP contribution in [0.3, 0.4) is 0 Å². The van der Waals surface area contributed by atoms with Crippen LogP contribution in [-0.4, -0.2) is 24.1 Å². The Morgan fingerprint density at radius 1 is 0.365 bits per heavy atom. The van der Waals surface area contributed by atoms with Gasteiger partial charge >= 0.3 is 0 Å². The van der Waals surface area contributed by atoms with E-state index in [4.69, 9.17) is 15.0 Å². The average molecular weight is 666 g/mol. The van der Waals surface area contributed by atoms with E-state index in [0.717, 1.165) is 39.2 Å². The van der Waals surface area contributed by atoms with Gasteiger partial charge < -0.3 is 9.13 Å². The highest BCUT2D eigenvalue weighted by Crippen LogP contribution is 2.39. The second-order valence-electron chi connectivity index (χ2n) is 12.9. The number of hydrogen-bond acceptors (Lipinski definition) is 3. The van der Waals surface area contributed by atoms with Crippen LogP contribution in [0.1, 0.15) is 0 Å². The number of aromatic nitrogens is 5. The van der Waals surface area contributed by atoms with Crippen molar-refractivity contribution in [1.29, 1.82) is 0 Å². The maximum atomic E-state index is 4.92. The Labute approximate surface area is 300 Å². The second-order valence-corrected chi connectivity index (χ2v) is 12.9. The fourth-order valence-electron chi connectivity index (χ4n) is 7.34. The van der Waals surface area contributed by atoms with E-state index in [1.807, 2.05) is 60.7 Å². The normalized spacial score (nSPS) is 11.5. The molecule has 10 aromatic rings. The lowest BCUT2D eigenvalue weighted by Gasteiger charge is -2.12. The molecular weight excluding hydrogens is 635 g/mol. The topological polar surface area (TPSA) is 48.5 Å². The van der Waals surface area contributed by atoms with E-state index in [1.54, 1.807) is 0 Å². The molecule has 5 nitrogen and oxygen atoms in total. The van der Waals surface area contributed by atoms with Gasteiger partial charge in [0.05, 0.1) is 16.6 Å². The van der Waals surface area contributed by atoms with Crippen molar-refractivity contribution in [3.63, 3.8) is 0 Å². The van der Waals surface area contributed by atoms with Crippen molar-refractivity contribution in [2.24, 2.45) is 0 Å². The van der Waals surface area contributed by atoms with Crippen LogP contribution in [0.15, 0.2) is 188 Å². The van der Waals surface area contributed by atoms with Gasteiger partial charge in [-0.05, 0) is 53.6 Å². The van der Waals surface area contributed by atoms with E-state index in [0.29, 0.717) is 17.5 Å². The van der Waals surface area contributed by atoms with E-state index >= 15 is 0 Å². The van der Waals surface area contributed by atoms with Crippen LogP contribution in [0, 0.1) is 0 Å². The van der Waals surface area contributed by atoms with E-state index < -0.39 is 0 Å². The summed E-state index contributed by atoms with van der Waals surface area (Å²) in [5, 5.41) is 3.70. The first-order valence-corrected chi connectivity index (χ1v) is 17.5. The van der Waals surface area contributed by atoms with Gasteiger partial charge in [0, 0.05) is 50.4 Å². The molecule has 5 heteroatoms. The van der Waals surface area contributed by atoms with E-state index in [1.165, 1.54) is 32.7 Å². The molecule has 0 aliphatic heterocycles. The molecule has 7 aromatic carbocycles. The zero-order valence-corrected chi connectivity index (χ0v) is 28.1. The first kappa shape index (κ1) is 29.8. The minimum absolute atomic E-state index is 0.643. The predicted molar refractivity (Wildman–Crippen MR) is 213 cm³/mol. The maximum absolute atomic E-state index is 4.92. The van der Waals surface area contributed by atoms with Crippen molar-refractivity contribution in [1.82, 2.24) is 24.1 Å². The molecule has 0 N–H and O–H groups in total. The number of benzene rings is 7. The van der Waals surface area contributed by atoms with Crippen molar-refractivity contribution < 1.29 is 0 Å². The summed E-state index contributed by atoms with van der Waals surface area (Å²) in [5.41, 5.74) is 10.9. The molecule has 0 fully saturated rings. The van der Waals surface area contributed by atoms with Crippen LogP contribution in [0.2, 0.25) is 0 Å². The number of hydrogen-bond donors (Lipinski definition) is 0. The fourth-order valence-corrected chi connectivity index (χ4v) is 7.34. The minimum Gasteiger partial charge on any atom is -0.316 e. The maximum Gasteiger partial charge on any atom is 0.164 e. The van der Waals surface area contributed by atoms with Crippen LogP contribution in [0.4, 0.5) is 0 Å². The third-order valence-electron chi connectivity index (χ3n) is 9.80. The number of para-hydroxylation sites is 2. The Morgan fingerprint density at radius 3 is 1.58 bits per heavy atom. The van der Waals surface area contributed by atoms with Crippen molar-refractivity contribution in [2.75, 3.05) is 0 Å². The van der Waals surface area contributed by atoms with Gasteiger partial charge in [0.2, 0.25) is 0 Å². The molecule has 10 rings (SSSR count). The Bertz CT molecular complexity index is 2810. The standard InChI is InChI=1S/C47H31N5/c1-4-13-34(14-5-1)45-48-46(35-15-6-2-7-16-35)50-47(49-45)36-25-23-32(24-26-36)37-17-12-20-39(31-37)52-41-22-11-10-21-40(41)43-42(52)28-27-33-29-30-51(44(33)43)38-18-8-3-9-19-38/h1-31H. The molecule has 0 bridgehead atoms. The van der Waals surface area contributed by atoms with Crippen molar-refractivity contribution >= 4 is 32.7 Å². The Kier molecular flexibility index (Phi) is 7.07. The molecule has 0 saturated heterocycles. The Morgan fingerprint density at radius 2 is 0.904 bits per heavy atom. The molecule has 0 radical (unpaired) electrons. The summed E-state index contributed by atoms with van der Waals surface area (Å²) in [6.07, 6.45) is 2.18. The molecule has 0 spiro atoms. The van der Waals surface area contributed by atoms with E-state index in [9.17, 15) is 0 Å². The van der Waals surface area contributed by atoms with Gasteiger partial charge in [-0.1, -0.05) is 140 Å². The highest BCUT2D eigenvalue weighted by molar-refractivity contribution is 6.20. The monoisotopic (exact) mass is 665 g/mol. The quantitative estimate of drug-likeness (QED) is 0.178. The van der Waals surface area contributed by atoms with Crippen molar-refractivity contribution in [2.45, 2.75) is 0 Å². The summed E-state index contributed by atoms with van der Waals surface area (Å²) < 4.78 is 4.70. The molecule has 0 atom stereocenters. The molecule has 0 aliphatic rings. The Hall–Kier alpha value is -7.11. The van der Waals surface area contributed by atoms with E-state index in [2.05, 4.69) is 137 Å². The average Bonchev–Trinajstić information content (AvgIpc) is 3.81. The van der Waals surface area contributed by atoms with Gasteiger partial charge in [0.1, 0.15) is 0 Å². The summed E-state index contributed by atoms with van der Waals surface area (Å²) in [6.45, 7) is 0. The van der Waals surface area contributed by atoms with Gasteiger partial charge in [0.15, 0.2) is 17.5 Å². The second kappa shape index (κ2) is 12.3. The predicted octanol–water partition coefficient (Wildman–Crippen LogP) is 11.6. The van der Waals surface area contributed by atoms with Crippen LogP contribution in [-0.2, 0) is 0 Å². The lowest BCUT2D eigenvalue weighted by atomic mass is 10.0. The van der Waals surface area contributed by atoms with Crippen LogP contribution in [0.25, 0.3) is 89.4 Å².